The van der Waals surface area contributed by atoms with Crippen LogP contribution in [0.5, 0.6) is 0 Å². The van der Waals surface area contributed by atoms with E-state index in [1.54, 1.807) is 0 Å². The second kappa shape index (κ2) is 17.8. The zero-order chi connectivity index (χ0) is 21.2. The summed E-state index contributed by atoms with van der Waals surface area (Å²) in [4.78, 5) is 0. The highest BCUT2D eigenvalue weighted by molar-refractivity contribution is 7.80. The third-order valence-corrected chi connectivity index (χ3v) is 5.29. The van der Waals surface area contributed by atoms with Gasteiger partial charge in [-0.3, -0.25) is 4.18 Å². The van der Waals surface area contributed by atoms with Crippen molar-refractivity contribution in [3.8, 4) is 0 Å². The lowest BCUT2D eigenvalue weighted by Crippen LogP contribution is -2.50. The van der Waals surface area contributed by atoms with Gasteiger partial charge in [-0.05, 0) is 19.8 Å². The lowest BCUT2D eigenvalue weighted by molar-refractivity contribution is -0.911. The van der Waals surface area contributed by atoms with E-state index in [4.69, 9.17) is 5.11 Å². The minimum absolute atomic E-state index is 0.119. The lowest BCUT2D eigenvalue weighted by Gasteiger charge is -2.35. The molecule has 0 spiro atoms. The third kappa shape index (κ3) is 21.9. The van der Waals surface area contributed by atoms with Gasteiger partial charge in [0.15, 0.2) is 0 Å². The molecule has 8 heteroatoms. The molecule has 0 bridgehead atoms. The van der Waals surface area contributed by atoms with Crippen molar-refractivity contribution in [1.29, 1.82) is 0 Å². The monoisotopic (exact) mass is 413 g/mol. The third-order valence-electron chi connectivity index (χ3n) is 4.88. The van der Waals surface area contributed by atoms with Gasteiger partial charge in [-0.1, -0.05) is 58.3 Å². The van der Waals surface area contributed by atoms with Gasteiger partial charge in [0.05, 0.1) is 33.9 Å². The van der Waals surface area contributed by atoms with Gasteiger partial charge in [0.1, 0.15) is 12.6 Å². The molecule has 0 saturated carbocycles. The lowest BCUT2D eigenvalue weighted by atomic mass is 10.1. The number of aliphatic hydroxyl groups is 2. The fourth-order valence-corrected chi connectivity index (χ4v) is 2.93. The summed E-state index contributed by atoms with van der Waals surface area (Å²) in [5.41, 5.74) is 0. The Balaban J connectivity index is 0. The van der Waals surface area contributed by atoms with Gasteiger partial charge in [0.2, 0.25) is 10.4 Å². The maximum absolute atomic E-state index is 9.62. The first-order chi connectivity index (χ1) is 12.6. The maximum atomic E-state index is 9.62. The van der Waals surface area contributed by atoms with Crippen LogP contribution in [0.4, 0.5) is 0 Å². The molecular weight excluding hydrogens is 370 g/mol. The van der Waals surface area contributed by atoms with Crippen molar-refractivity contribution in [1.82, 2.24) is 0 Å². The van der Waals surface area contributed by atoms with Crippen molar-refractivity contribution in [3.63, 3.8) is 0 Å². The van der Waals surface area contributed by atoms with Crippen molar-refractivity contribution in [3.05, 3.63) is 0 Å². The van der Waals surface area contributed by atoms with E-state index >= 15 is 0 Å². The molecule has 166 valence electrons. The number of aliphatic hydroxyl groups excluding tert-OH is 2. The van der Waals surface area contributed by atoms with E-state index in [0.29, 0.717) is 6.54 Å². The molecule has 0 amide bonds. The van der Waals surface area contributed by atoms with E-state index in [9.17, 15) is 18.1 Å². The molecule has 0 radical (unpaired) electrons. The predicted molar refractivity (Wildman–Crippen MR) is 108 cm³/mol. The normalized spacial score (nSPS) is 14.9. The van der Waals surface area contributed by atoms with Gasteiger partial charge in [-0.2, -0.15) is 0 Å². The van der Waals surface area contributed by atoms with Gasteiger partial charge in [-0.25, -0.2) is 8.42 Å². The average Bonchev–Trinajstić information content (AvgIpc) is 2.63. The smallest absolute Gasteiger partial charge is 0.217 e. The second-order valence-electron chi connectivity index (χ2n) is 7.44. The Morgan fingerprint density at radius 2 is 1.37 bits per heavy atom. The zero-order valence-corrected chi connectivity index (χ0v) is 18.7. The van der Waals surface area contributed by atoms with E-state index in [-0.39, 0.29) is 6.61 Å². The van der Waals surface area contributed by atoms with E-state index in [0.717, 1.165) is 24.7 Å². The first-order valence-corrected chi connectivity index (χ1v) is 11.6. The van der Waals surface area contributed by atoms with Crippen LogP contribution in [0.1, 0.15) is 78.1 Å². The Morgan fingerprint density at radius 1 is 0.963 bits per heavy atom. The summed E-state index contributed by atoms with van der Waals surface area (Å²) in [5.74, 6) is 0. The SMILES string of the molecule is CCCCCCCCCCCC[N+](C)(CC)CC(O)CO.COS(=O)(=O)[O-]. The van der Waals surface area contributed by atoms with Crippen LogP contribution in [0.25, 0.3) is 0 Å². The van der Waals surface area contributed by atoms with Crippen molar-refractivity contribution >= 4 is 10.4 Å². The highest BCUT2D eigenvalue weighted by Crippen LogP contribution is 2.12. The Labute approximate surface area is 167 Å². The number of hydrogen-bond donors (Lipinski definition) is 2. The van der Waals surface area contributed by atoms with E-state index in [1.807, 2.05) is 0 Å². The topological polar surface area (TPSA) is 107 Å². The van der Waals surface area contributed by atoms with Crippen LogP contribution in [0.3, 0.4) is 0 Å². The fourth-order valence-electron chi connectivity index (χ4n) is 2.93. The van der Waals surface area contributed by atoms with Crippen LogP contribution in [0.2, 0.25) is 0 Å². The fraction of sp³-hybridized carbons (Fsp3) is 1.00. The van der Waals surface area contributed by atoms with Crippen molar-refractivity contribution in [2.45, 2.75) is 84.2 Å². The minimum atomic E-state index is -4.41. The van der Waals surface area contributed by atoms with E-state index in [1.165, 1.54) is 64.2 Å². The zero-order valence-electron chi connectivity index (χ0n) is 17.9. The highest BCUT2D eigenvalue weighted by atomic mass is 32.3. The summed E-state index contributed by atoms with van der Waals surface area (Å²) < 4.78 is 31.9. The molecule has 0 aromatic heterocycles. The molecule has 0 aliphatic rings. The summed E-state index contributed by atoms with van der Waals surface area (Å²) in [6.45, 7) is 7.12. The maximum Gasteiger partial charge on any atom is 0.217 e. The van der Waals surface area contributed by atoms with Gasteiger partial charge >= 0.3 is 0 Å². The Kier molecular flexibility index (Phi) is 19.1. The van der Waals surface area contributed by atoms with E-state index < -0.39 is 16.5 Å². The quantitative estimate of drug-likeness (QED) is 0.174. The van der Waals surface area contributed by atoms with Crippen LogP contribution in [-0.2, 0) is 14.6 Å². The molecule has 0 heterocycles. The average molecular weight is 414 g/mol. The number of rotatable bonds is 16. The molecule has 2 unspecified atom stereocenters. The van der Waals surface area contributed by atoms with Crippen LogP contribution in [0, 0.1) is 0 Å². The minimum Gasteiger partial charge on any atom is -0.726 e. The molecule has 0 aromatic rings. The van der Waals surface area contributed by atoms with Crippen molar-refractivity contribution < 1.29 is 31.8 Å². The molecular formula is C19H43NO6S. The molecule has 0 aliphatic heterocycles. The Bertz CT molecular complexity index is 418. The Morgan fingerprint density at radius 3 is 1.70 bits per heavy atom. The van der Waals surface area contributed by atoms with Gasteiger partial charge in [-0.15, -0.1) is 0 Å². The number of nitrogens with zero attached hydrogens (tertiary/aromatic N) is 1. The molecule has 0 aliphatic carbocycles. The summed E-state index contributed by atoms with van der Waals surface area (Å²) >= 11 is 0. The molecule has 2 N–H and O–H groups in total. The molecule has 0 fully saturated rings. The van der Waals surface area contributed by atoms with Crippen LogP contribution < -0.4 is 0 Å². The summed E-state index contributed by atoms with van der Waals surface area (Å²) in [7, 11) is -1.42. The number of hydrogen-bond acceptors (Lipinski definition) is 6. The molecule has 2 atom stereocenters. The molecule has 0 aromatic carbocycles. The predicted octanol–water partition coefficient (Wildman–Crippen LogP) is 2.82. The highest BCUT2D eigenvalue weighted by Gasteiger charge is 2.22. The molecule has 27 heavy (non-hydrogen) atoms. The molecule has 0 rings (SSSR count). The van der Waals surface area contributed by atoms with Crippen molar-refractivity contribution in [2.24, 2.45) is 0 Å². The van der Waals surface area contributed by atoms with Gasteiger partial charge in [0.25, 0.3) is 0 Å². The largest absolute Gasteiger partial charge is 0.726 e. The first kappa shape index (κ1) is 29.0. The summed E-state index contributed by atoms with van der Waals surface area (Å²) in [6.07, 6.45) is 13.1. The van der Waals surface area contributed by atoms with Crippen LogP contribution >= 0.6 is 0 Å². The summed E-state index contributed by atoms with van der Waals surface area (Å²) in [5, 5.41) is 18.6. The van der Waals surface area contributed by atoms with E-state index in [2.05, 4.69) is 25.1 Å². The number of unbranched alkanes of at least 4 members (excludes halogenated alkanes) is 9. The van der Waals surface area contributed by atoms with Crippen molar-refractivity contribution in [2.75, 3.05) is 40.4 Å². The van der Waals surface area contributed by atoms with Crippen LogP contribution in [0.15, 0.2) is 0 Å². The first-order valence-electron chi connectivity index (χ1n) is 10.3. The number of quaternary nitrogens is 1. The van der Waals surface area contributed by atoms with Gasteiger partial charge in [0, 0.05) is 0 Å². The Hall–Kier alpha value is -0.250. The second-order valence-corrected chi connectivity index (χ2v) is 8.59. The summed E-state index contributed by atoms with van der Waals surface area (Å²) in [6, 6.07) is 0. The number of likely N-dealkylation sites (N-methyl/N-ethyl adjacent to an activating group) is 1. The van der Waals surface area contributed by atoms with Crippen LogP contribution in [-0.4, -0.2) is 74.2 Å². The molecule has 0 saturated heterocycles. The molecule has 7 nitrogen and oxygen atoms in total. The standard InChI is InChI=1S/C18H40NO2.CH4O4S/c1-4-6-7-8-9-10-11-12-13-14-15-19(3,5-2)16-18(21)17-20;1-5-6(2,3)4/h18,20-21H,4-17H2,1-3H3;1H3,(H,2,3,4)/q+1;/p-1. The van der Waals surface area contributed by atoms with Gasteiger partial charge < -0.3 is 19.2 Å².